The summed E-state index contributed by atoms with van der Waals surface area (Å²) in [6.45, 7) is 0. The van der Waals surface area contributed by atoms with Gasteiger partial charge in [-0.25, -0.2) is 4.98 Å². The number of nitrogens with zero attached hydrogens (tertiary/aromatic N) is 3. The fourth-order valence-corrected chi connectivity index (χ4v) is 2.86. The summed E-state index contributed by atoms with van der Waals surface area (Å²) in [5.74, 6) is 0.179. The SMILES string of the molecule is O=C(CCCCCCc1ccccc1)c1nc(-c2cccc(Cl)n2)no1. The van der Waals surface area contributed by atoms with E-state index in [2.05, 4.69) is 39.4 Å². The van der Waals surface area contributed by atoms with Crippen molar-refractivity contribution in [3.63, 3.8) is 0 Å². The van der Waals surface area contributed by atoms with Crippen LogP contribution >= 0.6 is 11.6 Å². The number of carbonyl (C=O) groups is 1. The molecule has 0 fully saturated rings. The van der Waals surface area contributed by atoms with Crippen LogP contribution in [0.15, 0.2) is 53.1 Å². The number of aromatic nitrogens is 3. The van der Waals surface area contributed by atoms with Crippen LogP contribution < -0.4 is 0 Å². The minimum atomic E-state index is -0.131. The van der Waals surface area contributed by atoms with Gasteiger partial charge in [-0.05, 0) is 37.0 Å². The monoisotopic (exact) mass is 369 g/mol. The van der Waals surface area contributed by atoms with Gasteiger partial charge in [0.1, 0.15) is 10.8 Å². The van der Waals surface area contributed by atoms with Gasteiger partial charge in [0.2, 0.25) is 11.6 Å². The van der Waals surface area contributed by atoms with Gasteiger partial charge in [-0.2, -0.15) is 4.98 Å². The fraction of sp³-hybridized carbons (Fsp3) is 0.300. The molecule has 0 saturated heterocycles. The molecule has 0 radical (unpaired) electrons. The molecule has 6 heteroatoms. The first-order chi connectivity index (χ1) is 12.7. The first-order valence-electron chi connectivity index (χ1n) is 8.76. The lowest BCUT2D eigenvalue weighted by Gasteiger charge is -2.01. The Kier molecular flexibility index (Phi) is 6.50. The molecule has 0 amide bonds. The predicted molar refractivity (Wildman–Crippen MR) is 100 cm³/mol. The number of hydrogen-bond acceptors (Lipinski definition) is 5. The third-order valence-corrected chi connectivity index (χ3v) is 4.28. The van der Waals surface area contributed by atoms with E-state index in [0.717, 1.165) is 32.1 Å². The number of halogens is 1. The van der Waals surface area contributed by atoms with Crippen LogP contribution in [0.25, 0.3) is 11.5 Å². The van der Waals surface area contributed by atoms with Gasteiger partial charge in [0.05, 0.1) is 0 Å². The Bertz CT molecular complexity index is 849. The quantitative estimate of drug-likeness (QED) is 0.296. The number of benzene rings is 1. The molecule has 2 heterocycles. The minimum absolute atomic E-state index is 0.0334. The molecule has 3 aromatic rings. The largest absolute Gasteiger partial charge is 0.330 e. The highest BCUT2D eigenvalue weighted by atomic mass is 35.5. The van der Waals surface area contributed by atoms with Crippen LogP contribution in [0.2, 0.25) is 5.15 Å². The summed E-state index contributed by atoms with van der Waals surface area (Å²) in [5, 5.41) is 4.16. The zero-order valence-corrected chi connectivity index (χ0v) is 15.2. The normalized spacial score (nSPS) is 10.8. The molecule has 0 spiro atoms. The number of Topliss-reactive ketones (excluding diaryl/α,β-unsaturated/α-hetero) is 1. The Morgan fingerprint density at radius 2 is 1.73 bits per heavy atom. The summed E-state index contributed by atoms with van der Waals surface area (Å²) in [4.78, 5) is 20.4. The average molecular weight is 370 g/mol. The second-order valence-electron chi connectivity index (χ2n) is 6.09. The second-order valence-corrected chi connectivity index (χ2v) is 6.48. The number of carbonyl (C=O) groups excluding carboxylic acids is 1. The molecule has 0 aliphatic rings. The van der Waals surface area contributed by atoms with E-state index in [1.54, 1.807) is 18.2 Å². The molecular formula is C20H20ClN3O2. The van der Waals surface area contributed by atoms with E-state index in [4.69, 9.17) is 16.1 Å². The second kappa shape index (κ2) is 9.25. The smallest absolute Gasteiger partial charge is 0.294 e. The van der Waals surface area contributed by atoms with Gasteiger partial charge in [-0.3, -0.25) is 4.79 Å². The van der Waals surface area contributed by atoms with Crippen LogP contribution in [0.5, 0.6) is 0 Å². The van der Waals surface area contributed by atoms with Gasteiger partial charge in [0.15, 0.2) is 0 Å². The molecular weight excluding hydrogens is 350 g/mol. The summed E-state index contributed by atoms with van der Waals surface area (Å²) in [5.41, 5.74) is 1.85. The Labute approximate surface area is 157 Å². The van der Waals surface area contributed by atoms with Crippen molar-refractivity contribution in [1.82, 2.24) is 15.1 Å². The third kappa shape index (κ3) is 5.23. The van der Waals surface area contributed by atoms with Crippen LogP contribution in [0.4, 0.5) is 0 Å². The number of ketones is 1. The molecule has 5 nitrogen and oxygen atoms in total. The molecule has 26 heavy (non-hydrogen) atoms. The van der Waals surface area contributed by atoms with Crippen molar-refractivity contribution in [2.45, 2.75) is 38.5 Å². The van der Waals surface area contributed by atoms with E-state index in [1.165, 1.54) is 5.56 Å². The standard InChI is InChI=1S/C20H20ClN3O2/c21-18-14-8-12-16(22-18)19-23-20(26-24-19)17(25)13-7-2-1-4-9-15-10-5-3-6-11-15/h3,5-6,8,10-12,14H,1-2,4,7,9,13H2. The number of hydrogen-bond donors (Lipinski definition) is 0. The van der Waals surface area contributed by atoms with Crippen molar-refractivity contribution in [3.8, 4) is 11.5 Å². The van der Waals surface area contributed by atoms with E-state index in [-0.39, 0.29) is 17.5 Å². The van der Waals surface area contributed by atoms with E-state index < -0.39 is 0 Å². The maximum atomic E-state index is 12.2. The van der Waals surface area contributed by atoms with Crippen LogP contribution in [0.1, 0.15) is 48.4 Å². The predicted octanol–water partition coefficient (Wildman–Crippen LogP) is 5.16. The first kappa shape index (κ1) is 18.3. The molecule has 1 aromatic carbocycles. The van der Waals surface area contributed by atoms with Crippen molar-refractivity contribution >= 4 is 17.4 Å². The topological polar surface area (TPSA) is 68.9 Å². The van der Waals surface area contributed by atoms with Crippen LogP contribution in [-0.4, -0.2) is 20.9 Å². The zero-order chi connectivity index (χ0) is 18.2. The highest BCUT2D eigenvalue weighted by Crippen LogP contribution is 2.17. The highest BCUT2D eigenvalue weighted by molar-refractivity contribution is 6.29. The lowest BCUT2D eigenvalue weighted by Crippen LogP contribution is -1.99. The Balaban J connectivity index is 1.40. The van der Waals surface area contributed by atoms with Crippen molar-refractivity contribution in [2.75, 3.05) is 0 Å². The van der Waals surface area contributed by atoms with Gasteiger partial charge >= 0.3 is 0 Å². The molecule has 0 aliphatic carbocycles. The molecule has 0 bridgehead atoms. The fourth-order valence-electron chi connectivity index (χ4n) is 2.69. The van der Waals surface area contributed by atoms with Crippen molar-refractivity contribution in [2.24, 2.45) is 0 Å². The van der Waals surface area contributed by atoms with E-state index in [1.807, 2.05) is 6.07 Å². The van der Waals surface area contributed by atoms with E-state index in [9.17, 15) is 4.79 Å². The molecule has 3 rings (SSSR count). The van der Waals surface area contributed by atoms with Crippen LogP contribution in [-0.2, 0) is 6.42 Å². The number of rotatable bonds is 9. The zero-order valence-electron chi connectivity index (χ0n) is 14.4. The van der Waals surface area contributed by atoms with Crippen molar-refractivity contribution < 1.29 is 9.32 Å². The summed E-state index contributed by atoms with van der Waals surface area (Å²) >= 11 is 5.85. The Hall–Kier alpha value is -2.53. The number of aryl methyl sites for hydroxylation is 1. The van der Waals surface area contributed by atoms with E-state index in [0.29, 0.717) is 17.3 Å². The average Bonchev–Trinajstić information content (AvgIpc) is 3.15. The van der Waals surface area contributed by atoms with Gasteiger partial charge in [-0.1, -0.05) is 66.0 Å². The number of unbranched alkanes of at least 4 members (excludes halogenated alkanes) is 3. The lowest BCUT2D eigenvalue weighted by atomic mass is 10.0. The maximum Gasteiger partial charge on any atom is 0.294 e. The minimum Gasteiger partial charge on any atom is -0.330 e. The summed E-state index contributed by atoms with van der Waals surface area (Å²) in [7, 11) is 0. The maximum absolute atomic E-state index is 12.2. The lowest BCUT2D eigenvalue weighted by molar-refractivity contribution is 0.0936. The molecule has 0 aliphatic heterocycles. The summed E-state index contributed by atoms with van der Waals surface area (Å²) in [6, 6.07) is 15.6. The van der Waals surface area contributed by atoms with Gasteiger partial charge in [-0.15, -0.1) is 0 Å². The van der Waals surface area contributed by atoms with E-state index >= 15 is 0 Å². The number of pyridine rings is 1. The van der Waals surface area contributed by atoms with Crippen molar-refractivity contribution in [3.05, 3.63) is 65.1 Å². The first-order valence-corrected chi connectivity index (χ1v) is 9.14. The highest BCUT2D eigenvalue weighted by Gasteiger charge is 2.16. The summed E-state index contributed by atoms with van der Waals surface area (Å²) in [6.07, 6.45) is 5.55. The van der Waals surface area contributed by atoms with Gasteiger partial charge in [0.25, 0.3) is 5.89 Å². The summed E-state index contributed by atoms with van der Waals surface area (Å²) < 4.78 is 5.06. The Morgan fingerprint density at radius 3 is 2.54 bits per heavy atom. The van der Waals surface area contributed by atoms with Crippen LogP contribution in [0.3, 0.4) is 0 Å². The van der Waals surface area contributed by atoms with Crippen molar-refractivity contribution in [1.29, 1.82) is 0 Å². The Morgan fingerprint density at radius 1 is 0.923 bits per heavy atom. The third-order valence-electron chi connectivity index (χ3n) is 4.07. The molecule has 0 saturated carbocycles. The molecule has 0 atom stereocenters. The molecule has 0 N–H and O–H groups in total. The van der Waals surface area contributed by atoms with Crippen LogP contribution in [0, 0.1) is 0 Å². The molecule has 134 valence electrons. The molecule has 0 unspecified atom stereocenters. The van der Waals surface area contributed by atoms with Gasteiger partial charge < -0.3 is 4.52 Å². The van der Waals surface area contributed by atoms with Gasteiger partial charge in [0, 0.05) is 6.42 Å². The molecule has 2 aromatic heterocycles.